The Kier molecular flexibility index (Phi) is 3.94. The molecule has 0 aliphatic carbocycles. The topological polar surface area (TPSA) is 114 Å². The number of carbonyl (C=O) groups excluding carboxylic acids is 1. The lowest BCUT2D eigenvalue weighted by Crippen LogP contribution is -2.13. The van der Waals surface area contributed by atoms with E-state index < -0.39 is 15.7 Å². The van der Waals surface area contributed by atoms with Crippen LogP contribution in [0.5, 0.6) is 5.75 Å². The summed E-state index contributed by atoms with van der Waals surface area (Å²) < 4.78 is 25.3. The van der Waals surface area contributed by atoms with Crippen LogP contribution in [-0.2, 0) is 9.84 Å². The van der Waals surface area contributed by atoms with E-state index in [4.69, 9.17) is 0 Å². The number of benzene rings is 1. The first kappa shape index (κ1) is 15.9. The number of fused-ring (bicyclic) bond motifs is 1. The quantitative estimate of drug-likeness (QED) is 0.692. The maximum absolute atomic E-state index is 12.4. The minimum absolute atomic E-state index is 0.00445. The van der Waals surface area contributed by atoms with Crippen molar-refractivity contribution in [2.24, 2.45) is 0 Å². The smallest absolute Gasteiger partial charge is 0.261 e. The number of amides is 1. The molecule has 0 atom stereocenters. The number of hydrogen-bond acceptors (Lipinski definition) is 6. The molecule has 3 rings (SSSR count). The molecule has 0 unspecified atom stereocenters. The van der Waals surface area contributed by atoms with Crippen LogP contribution in [0.3, 0.4) is 0 Å². The Bertz CT molecular complexity index is 1030. The van der Waals surface area contributed by atoms with Crippen LogP contribution in [0.15, 0.2) is 47.8 Å². The number of aromatic nitrogens is 3. The number of phenols is 1. The third-order valence-corrected chi connectivity index (χ3v) is 5.21. The van der Waals surface area contributed by atoms with Crippen LogP contribution in [0.2, 0.25) is 0 Å². The first-order chi connectivity index (χ1) is 11.4. The van der Waals surface area contributed by atoms with Crippen molar-refractivity contribution >= 4 is 27.1 Å². The molecule has 0 saturated carbocycles. The van der Waals surface area contributed by atoms with E-state index in [2.05, 4.69) is 15.4 Å². The van der Waals surface area contributed by atoms with E-state index in [1.165, 1.54) is 42.0 Å². The molecule has 2 aromatic heterocycles. The predicted octanol–water partition coefficient (Wildman–Crippen LogP) is 1.48. The number of carbonyl (C=O) groups is 1. The van der Waals surface area contributed by atoms with Crippen molar-refractivity contribution in [2.75, 3.05) is 11.1 Å². The van der Waals surface area contributed by atoms with Crippen LogP contribution in [0.4, 0.5) is 5.69 Å². The van der Waals surface area contributed by atoms with Crippen LogP contribution in [0.25, 0.3) is 5.65 Å². The van der Waals surface area contributed by atoms with Crippen molar-refractivity contribution in [3.63, 3.8) is 0 Å². The molecule has 0 spiro atoms. The van der Waals surface area contributed by atoms with Crippen LogP contribution in [-0.4, -0.2) is 39.8 Å². The second-order valence-electron chi connectivity index (χ2n) is 4.98. The molecule has 8 nitrogen and oxygen atoms in total. The monoisotopic (exact) mass is 346 g/mol. The van der Waals surface area contributed by atoms with Gasteiger partial charge in [-0.15, -0.1) is 0 Å². The van der Waals surface area contributed by atoms with Gasteiger partial charge in [0, 0.05) is 12.4 Å². The molecule has 3 aromatic rings. The normalized spacial score (nSPS) is 11.5. The first-order valence-corrected chi connectivity index (χ1v) is 8.73. The van der Waals surface area contributed by atoms with Crippen LogP contribution < -0.4 is 5.32 Å². The fraction of sp³-hybridized carbons (Fsp3) is 0.133. The minimum atomic E-state index is -3.45. The molecule has 0 radical (unpaired) electrons. The van der Waals surface area contributed by atoms with Gasteiger partial charge >= 0.3 is 0 Å². The van der Waals surface area contributed by atoms with Gasteiger partial charge in [0.1, 0.15) is 11.3 Å². The van der Waals surface area contributed by atoms with E-state index in [0.29, 0.717) is 5.65 Å². The lowest BCUT2D eigenvalue weighted by Gasteiger charge is -2.09. The van der Waals surface area contributed by atoms with Crippen molar-refractivity contribution < 1.29 is 18.3 Å². The molecular formula is C15H14N4O4S. The average Bonchev–Trinajstić information content (AvgIpc) is 3.00. The van der Waals surface area contributed by atoms with Gasteiger partial charge in [-0.2, -0.15) is 5.10 Å². The van der Waals surface area contributed by atoms with Crippen LogP contribution in [0, 0.1) is 0 Å². The van der Waals surface area contributed by atoms with E-state index in [-0.39, 0.29) is 27.6 Å². The van der Waals surface area contributed by atoms with Crippen molar-refractivity contribution in [3.05, 3.63) is 48.4 Å². The highest BCUT2D eigenvalue weighted by Gasteiger charge is 2.18. The molecule has 0 aliphatic heterocycles. The summed E-state index contributed by atoms with van der Waals surface area (Å²) in [5.41, 5.74) is 0.565. The molecule has 0 bridgehead atoms. The maximum atomic E-state index is 12.4. The van der Waals surface area contributed by atoms with Crippen molar-refractivity contribution in [1.29, 1.82) is 0 Å². The van der Waals surface area contributed by atoms with Gasteiger partial charge in [0.25, 0.3) is 5.91 Å². The number of hydrogen-bond donors (Lipinski definition) is 2. The second-order valence-corrected chi connectivity index (χ2v) is 7.26. The summed E-state index contributed by atoms with van der Waals surface area (Å²) in [4.78, 5) is 16.5. The summed E-state index contributed by atoms with van der Waals surface area (Å²) >= 11 is 0. The largest absolute Gasteiger partial charge is 0.506 e. The molecule has 0 aliphatic rings. The van der Waals surface area contributed by atoms with E-state index >= 15 is 0 Å². The fourth-order valence-electron chi connectivity index (χ4n) is 2.15. The first-order valence-electron chi connectivity index (χ1n) is 7.08. The van der Waals surface area contributed by atoms with Crippen molar-refractivity contribution in [3.8, 4) is 5.75 Å². The molecule has 2 N–H and O–H groups in total. The van der Waals surface area contributed by atoms with Crippen molar-refractivity contribution in [1.82, 2.24) is 14.6 Å². The lowest BCUT2D eigenvalue weighted by molar-refractivity contribution is 0.102. The third-order valence-electron chi connectivity index (χ3n) is 3.48. The summed E-state index contributed by atoms with van der Waals surface area (Å²) in [5.74, 6) is -0.865. The summed E-state index contributed by atoms with van der Waals surface area (Å²) in [6, 6.07) is 5.42. The standard InChI is InChI=1S/C15H14N4O4S/c1-2-24(22,23)10-4-5-13(20)12(8-10)18-15(21)11-9-17-19-7-3-6-16-14(11)19/h3-9,20H,2H2,1H3,(H,18,21). The van der Waals surface area contributed by atoms with Gasteiger partial charge in [0.05, 0.1) is 22.5 Å². The summed E-state index contributed by atoms with van der Waals surface area (Å²) in [5, 5.41) is 16.4. The number of anilines is 1. The van der Waals surface area contributed by atoms with Gasteiger partial charge in [0.2, 0.25) is 0 Å². The zero-order valence-corrected chi connectivity index (χ0v) is 13.5. The molecule has 24 heavy (non-hydrogen) atoms. The Balaban J connectivity index is 1.96. The number of sulfone groups is 1. The molecule has 1 amide bonds. The van der Waals surface area contributed by atoms with E-state index in [9.17, 15) is 18.3 Å². The van der Waals surface area contributed by atoms with E-state index in [1.54, 1.807) is 12.3 Å². The molecule has 9 heteroatoms. The number of nitrogens with zero attached hydrogens (tertiary/aromatic N) is 3. The second kappa shape index (κ2) is 5.93. The van der Waals surface area contributed by atoms with Gasteiger partial charge in [-0.05, 0) is 24.3 Å². The minimum Gasteiger partial charge on any atom is -0.506 e. The van der Waals surface area contributed by atoms with Crippen molar-refractivity contribution in [2.45, 2.75) is 11.8 Å². The SMILES string of the molecule is CCS(=O)(=O)c1ccc(O)c(NC(=O)c2cnn3cccnc23)c1. The summed E-state index contributed by atoms with van der Waals surface area (Å²) in [6.45, 7) is 1.52. The molecule has 0 saturated heterocycles. The van der Waals surface area contributed by atoms with Gasteiger partial charge in [-0.1, -0.05) is 6.92 Å². The summed E-state index contributed by atoms with van der Waals surface area (Å²) in [6.07, 6.45) is 4.52. The number of phenolic OH excluding ortho intramolecular Hbond substituents is 1. The number of aromatic hydroxyl groups is 1. The summed E-state index contributed by atoms with van der Waals surface area (Å²) in [7, 11) is -3.45. The van der Waals surface area contributed by atoms with Crippen LogP contribution in [0.1, 0.15) is 17.3 Å². The van der Waals surface area contributed by atoms with Gasteiger partial charge in [0.15, 0.2) is 15.5 Å². The highest BCUT2D eigenvalue weighted by atomic mass is 32.2. The zero-order valence-electron chi connectivity index (χ0n) is 12.7. The Morgan fingerprint density at radius 1 is 1.38 bits per heavy atom. The Hall–Kier alpha value is -2.94. The molecule has 0 fully saturated rings. The lowest BCUT2D eigenvalue weighted by atomic mass is 10.2. The van der Waals surface area contributed by atoms with E-state index in [0.717, 1.165) is 0 Å². The molecule has 2 heterocycles. The highest BCUT2D eigenvalue weighted by molar-refractivity contribution is 7.91. The van der Waals surface area contributed by atoms with Crippen LogP contribution >= 0.6 is 0 Å². The predicted molar refractivity (Wildman–Crippen MR) is 86.8 cm³/mol. The van der Waals surface area contributed by atoms with Gasteiger partial charge in [-0.25, -0.2) is 17.9 Å². The fourth-order valence-corrected chi connectivity index (χ4v) is 3.06. The molecule has 124 valence electrons. The Morgan fingerprint density at radius 3 is 2.92 bits per heavy atom. The number of rotatable bonds is 4. The Morgan fingerprint density at radius 2 is 2.17 bits per heavy atom. The maximum Gasteiger partial charge on any atom is 0.261 e. The van der Waals surface area contributed by atoms with E-state index in [1.807, 2.05) is 0 Å². The van der Waals surface area contributed by atoms with Gasteiger partial charge < -0.3 is 10.4 Å². The highest BCUT2D eigenvalue weighted by Crippen LogP contribution is 2.27. The molecule has 1 aromatic carbocycles. The average molecular weight is 346 g/mol. The van der Waals surface area contributed by atoms with Gasteiger partial charge in [-0.3, -0.25) is 4.79 Å². The molecular weight excluding hydrogens is 332 g/mol. The zero-order chi connectivity index (χ0) is 17.3. The number of nitrogens with one attached hydrogen (secondary N) is 1. The Labute approximate surface area is 137 Å². The third kappa shape index (κ3) is 2.81.